The van der Waals surface area contributed by atoms with Gasteiger partial charge in [-0.2, -0.15) is 0 Å². The van der Waals surface area contributed by atoms with Crippen LogP contribution in [-0.2, 0) is 16.0 Å². The van der Waals surface area contributed by atoms with Crippen LogP contribution in [0.2, 0.25) is 0 Å². The standard InChI is InChI=1S/C20H25FN6.C4H4O4/c21-17-12-23-20(24-13-17)27-9-7-26(8-10-27)14-16(11-22)19-6-5-15-3-1-2-4-18(15)25-19;5-3(6)1-2-4(7)8/h1-4,12-13,16H,5-11,14,22H2;1-2H,(H,5,6)(H,7,8)/b;2-1+. The number of carbonyl (C=O) groups is 2. The SMILES string of the molecule is NCC(CN1CCN(c2ncc(F)cn2)CC1)C1=Nc2ccccc2CC1.O=C(O)/C=C/C(=O)O. The first kappa shape index (κ1) is 25.9. The molecule has 11 heteroatoms. The lowest BCUT2D eigenvalue weighted by Gasteiger charge is -2.36. The van der Waals surface area contributed by atoms with Crippen molar-refractivity contribution in [1.82, 2.24) is 14.9 Å². The van der Waals surface area contributed by atoms with Crippen LogP contribution in [0.5, 0.6) is 0 Å². The van der Waals surface area contributed by atoms with Gasteiger partial charge in [-0.15, -0.1) is 0 Å². The van der Waals surface area contributed by atoms with Gasteiger partial charge < -0.3 is 20.8 Å². The molecule has 2 aliphatic rings. The number of carboxylic acids is 2. The number of aliphatic carboxylic acids is 2. The summed E-state index contributed by atoms with van der Waals surface area (Å²) in [7, 11) is 0. The first-order chi connectivity index (χ1) is 16.9. The van der Waals surface area contributed by atoms with Gasteiger partial charge >= 0.3 is 11.9 Å². The molecule has 0 saturated carbocycles. The van der Waals surface area contributed by atoms with Crippen molar-refractivity contribution in [2.45, 2.75) is 12.8 Å². The van der Waals surface area contributed by atoms with Crippen LogP contribution in [0.1, 0.15) is 12.0 Å². The van der Waals surface area contributed by atoms with E-state index >= 15 is 0 Å². The second-order valence-electron chi connectivity index (χ2n) is 8.16. The van der Waals surface area contributed by atoms with Crippen LogP contribution in [-0.4, -0.2) is 82.0 Å². The van der Waals surface area contributed by atoms with E-state index in [1.165, 1.54) is 23.7 Å². The molecule has 1 atom stereocenters. The number of anilines is 1. The number of halogens is 1. The Bertz CT molecular complexity index is 1050. The number of aromatic nitrogens is 2. The molecule has 0 spiro atoms. The number of hydrogen-bond donors (Lipinski definition) is 3. The molecule has 35 heavy (non-hydrogen) atoms. The van der Waals surface area contributed by atoms with Crippen molar-refractivity contribution in [2.75, 3.05) is 44.2 Å². The summed E-state index contributed by atoms with van der Waals surface area (Å²) in [5.41, 5.74) is 9.74. The maximum Gasteiger partial charge on any atom is 0.328 e. The van der Waals surface area contributed by atoms with Gasteiger partial charge in [0, 0.05) is 63.1 Å². The Morgan fingerprint density at radius 3 is 2.26 bits per heavy atom. The monoisotopic (exact) mass is 484 g/mol. The lowest BCUT2D eigenvalue weighted by atomic mass is 9.93. The maximum atomic E-state index is 13.0. The van der Waals surface area contributed by atoms with Crippen molar-refractivity contribution in [2.24, 2.45) is 16.6 Å². The zero-order chi connectivity index (χ0) is 25.2. The summed E-state index contributed by atoms with van der Waals surface area (Å²) < 4.78 is 13.0. The summed E-state index contributed by atoms with van der Waals surface area (Å²) in [6.07, 6.45) is 5.59. The summed E-state index contributed by atoms with van der Waals surface area (Å²) >= 11 is 0. The van der Waals surface area contributed by atoms with Crippen LogP contribution >= 0.6 is 0 Å². The Morgan fingerprint density at radius 2 is 1.66 bits per heavy atom. The minimum atomic E-state index is -1.26. The molecular formula is C24H29FN6O4. The number of nitrogens with two attached hydrogens (primary N) is 1. The van der Waals surface area contributed by atoms with E-state index in [0.717, 1.165) is 51.3 Å². The predicted octanol–water partition coefficient (Wildman–Crippen LogP) is 1.74. The Morgan fingerprint density at radius 1 is 1.03 bits per heavy atom. The fourth-order valence-corrected chi connectivity index (χ4v) is 3.97. The first-order valence-electron chi connectivity index (χ1n) is 11.3. The molecule has 1 aromatic carbocycles. The number of rotatable bonds is 7. The Kier molecular flexibility index (Phi) is 9.39. The number of aryl methyl sites for hydroxylation is 1. The maximum absolute atomic E-state index is 13.0. The van der Waals surface area contributed by atoms with Crippen molar-refractivity contribution < 1.29 is 24.2 Å². The zero-order valence-electron chi connectivity index (χ0n) is 19.3. The quantitative estimate of drug-likeness (QED) is 0.500. The summed E-state index contributed by atoms with van der Waals surface area (Å²) in [4.78, 5) is 36.7. The topological polar surface area (TPSA) is 145 Å². The van der Waals surface area contributed by atoms with Crippen molar-refractivity contribution in [3.05, 3.63) is 60.2 Å². The summed E-state index contributed by atoms with van der Waals surface area (Å²) in [5, 5.41) is 15.6. The van der Waals surface area contributed by atoms with Gasteiger partial charge in [0.2, 0.25) is 5.95 Å². The number of nitrogens with zero attached hydrogens (tertiary/aromatic N) is 5. The van der Waals surface area contributed by atoms with E-state index in [2.05, 4.69) is 38.0 Å². The molecule has 4 N–H and O–H groups in total. The third-order valence-electron chi connectivity index (χ3n) is 5.77. The molecule has 0 radical (unpaired) electrons. The fraction of sp³-hybridized carbons (Fsp3) is 0.375. The van der Waals surface area contributed by atoms with Gasteiger partial charge in [-0.3, -0.25) is 9.89 Å². The number of carboxylic acid groups (broad SMARTS) is 2. The molecule has 1 saturated heterocycles. The van der Waals surface area contributed by atoms with E-state index in [0.29, 0.717) is 24.6 Å². The largest absolute Gasteiger partial charge is 0.478 e. The highest BCUT2D eigenvalue weighted by molar-refractivity contribution is 5.91. The smallest absolute Gasteiger partial charge is 0.328 e. The molecule has 10 nitrogen and oxygen atoms in total. The predicted molar refractivity (Wildman–Crippen MR) is 129 cm³/mol. The summed E-state index contributed by atoms with van der Waals surface area (Å²) in [6, 6.07) is 8.36. The van der Waals surface area contributed by atoms with Gasteiger partial charge in [0.1, 0.15) is 0 Å². The average Bonchev–Trinajstić information content (AvgIpc) is 2.87. The van der Waals surface area contributed by atoms with Crippen LogP contribution in [0.15, 0.2) is 53.8 Å². The zero-order valence-corrected chi connectivity index (χ0v) is 19.3. The van der Waals surface area contributed by atoms with Crippen molar-refractivity contribution >= 4 is 29.3 Å². The second kappa shape index (κ2) is 12.7. The highest BCUT2D eigenvalue weighted by Gasteiger charge is 2.25. The molecular weight excluding hydrogens is 455 g/mol. The molecule has 1 fully saturated rings. The lowest BCUT2D eigenvalue weighted by molar-refractivity contribution is -0.134. The van der Waals surface area contributed by atoms with Gasteiger partial charge in [-0.05, 0) is 24.5 Å². The van der Waals surface area contributed by atoms with Gasteiger partial charge in [0.25, 0.3) is 0 Å². The fourth-order valence-electron chi connectivity index (χ4n) is 3.97. The van der Waals surface area contributed by atoms with Crippen molar-refractivity contribution in [3.8, 4) is 0 Å². The highest BCUT2D eigenvalue weighted by Crippen LogP contribution is 2.27. The van der Waals surface area contributed by atoms with Crippen molar-refractivity contribution in [1.29, 1.82) is 0 Å². The Hall–Kier alpha value is -3.70. The number of aliphatic imine (C=N–C) groups is 1. The number of hydrogen-bond acceptors (Lipinski definition) is 8. The van der Waals surface area contributed by atoms with E-state index in [9.17, 15) is 14.0 Å². The Balaban J connectivity index is 0.000000371. The minimum absolute atomic E-state index is 0.284. The lowest BCUT2D eigenvalue weighted by Crippen LogP contribution is -2.50. The molecule has 1 aromatic heterocycles. The van der Waals surface area contributed by atoms with E-state index in [1.54, 1.807) is 0 Å². The van der Waals surface area contributed by atoms with Crippen LogP contribution in [0.4, 0.5) is 16.0 Å². The number of fused-ring (bicyclic) bond motifs is 1. The van der Waals surface area contributed by atoms with Crippen LogP contribution < -0.4 is 10.6 Å². The van der Waals surface area contributed by atoms with Crippen molar-refractivity contribution in [3.63, 3.8) is 0 Å². The molecule has 186 valence electrons. The molecule has 3 heterocycles. The molecule has 4 rings (SSSR count). The second-order valence-corrected chi connectivity index (χ2v) is 8.16. The summed E-state index contributed by atoms with van der Waals surface area (Å²) in [5.74, 6) is -2.04. The molecule has 0 aliphatic carbocycles. The molecule has 0 amide bonds. The van der Waals surface area contributed by atoms with Gasteiger partial charge in [0.15, 0.2) is 5.82 Å². The normalized spacial score (nSPS) is 16.6. The van der Waals surface area contributed by atoms with E-state index in [-0.39, 0.29) is 5.92 Å². The van der Waals surface area contributed by atoms with E-state index < -0.39 is 17.8 Å². The van der Waals surface area contributed by atoms with E-state index in [1.807, 2.05) is 6.07 Å². The minimum Gasteiger partial charge on any atom is -0.478 e. The molecule has 0 bridgehead atoms. The average molecular weight is 485 g/mol. The summed E-state index contributed by atoms with van der Waals surface area (Å²) in [6.45, 7) is 5.04. The van der Waals surface area contributed by atoms with Gasteiger partial charge in [-0.25, -0.2) is 23.9 Å². The molecule has 2 aliphatic heterocycles. The Labute approximate surface area is 202 Å². The third-order valence-corrected chi connectivity index (χ3v) is 5.77. The number of benzene rings is 1. The molecule has 2 aromatic rings. The highest BCUT2D eigenvalue weighted by atomic mass is 19.1. The molecule has 1 unspecified atom stereocenters. The first-order valence-corrected chi connectivity index (χ1v) is 11.3. The number of piperazine rings is 1. The third kappa shape index (κ3) is 7.94. The van der Waals surface area contributed by atoms with Crippen LogP contribution in [0.3, 0.4) is 0 Å². The van der Waals surface area contributed by atoms with E-state index in [4.69, 9.17) is 20.9 Å². The van der Waals surface area contributed by atoms with Crippen LogP contribution in [0.25, 0.3) is 0 Å². The van der Waals surface area contributed by atoms with Crippen LogP contribution in [0, 0.1) is 11.7 Å². The van der Waals surface area contributed by atoms with Gasteiger partial charge in [0.05, 0.1) is 18.1 Å². The van der Waals surface area contributed by atoms with Gasteiger partial charge in [-0.1, -0.05) is 18.2 Å². The number of para-hydroxylation sites is 1.